The van der Waals surface area contributed by atoms with Gasteiger partial charge in [-0.1, -0.05) is 11.6 Å². The number of aryl methyl sites for hydroxylation is 1. The third kappa shape index (κ3) is 4.03. The lowest BCUT2D eigenvalue weighted by Gasteiger charge is -2.14. The molecule has 2 rings (SSSR count). The molecule has 132 valence electrons. The zero-order valence-electron chi connectivity index (χ0n) is 14.3. The molecule has 1 aromatic heterocycles. The molecule has 1 aromatic carbocycles. The average molecular weight is 363 g/mol. The summed E-state index contributed by atoms with van der Waals surface area (Å²) in [4.78, 5) is 23.9. The van der Waals surface area contributed by atoms with Crippen molar-refractivity contribution in [1.29, 1.82) is 5.26 Å². The summed E-state index contributed by atoms with van der Waals surface area (Å²) in [6, 6.07) is 7.25. The molecule has 0 amide bonds. The van der Waals surface area contributed by atoms with Crippen molar-refractivity contribution in [2.24, 2.45) is 14.1 Å². The van der Waals surface area contributed by atoms with Crippen molar-refractivity contribution < 1.29 is 4.74 Å². The van der Waals surface area contributed by atoms with Crippen LogP contribution in [0.3, 0.4) is 0 Å². The number of nitrogens with one attached hydrogen (secondary N) is 1. The van der Waals surface area contributed by atoms with Crippen LogP contribution >= 0.6 is 11.6 Å². The van der Waals surface area contributed by atoms with E-state index >= 15 is 0 Å². The topological polar surface area (TPSA) is 89.1 Å². The van der Waals surface area contributed by atoms with Gasteiger partial charge in [-0.3, -0.25) is 13.9 Å². The Morgan fingerprint density at radius 3 is 2.64 bits per heavy atom. The molecule has 0 unspecified atom stereocenters. The van der Waals surface area contributed by atoms with Crippen molar-refractivity contribution in [2.75, 3.05) is 18.5 Å². The Bertz CT molecular complexity index is 941. The van der Waals surface area contributed by atoms with E-state index in [9.17, 15) is 14.9 Å². The van der Waals surface area contributed by atoms with Gasteiger partial charge in [-0.25, -0.2) is 4.79 Å². The van der Waals surface area contributed by atoms with Gasteiger partial charge in [0.25, 0.3) is 5.56 Å². The fraction of sp³-hybridized carbons (Fsp3) is 0.353. The molecule has 1 N–H and O–H groups in total. The third-order valence-corrected chi connectivity index (χ3v) is 4.02. The van der Waals surface area contributed by atoms with Crippen molar-refractivity contribution in [3.63, 3.8) is 0 Å². The molecule has 8 heteroatoms. The largest absolute Gasteiger partial charge is 0.493 e. The maximum absolute atomic E-state index is 12.0. The highest BCUT2D eigenvalue weighted by molar-refractivity contribution is 6.30. The summed E-state index contributed by atoms with van der Waals surface area (Å²) in [5, 5.41) is 12.8. The predicted molar refractivity (Wildman–Crippen MR) is 96.4 cm³/mol. The van der Waals surface area contributed by atoms with Crippen LogP contribution in [0.1, 0.15) is 17.5 Å². The lowest BCUT2D eigenvalue weighted by atomic mass is 10.2. The number of hydrogen-bond donors (Lipinski definition) is 1. The Hall–Kier alpha value is -2.72. The van der Waals surface area contributed by atoms with Gasteiger partial charge in [0.15, 0.2) is 5.56 Å². The van der Waals surface area contributed by atoms with Crippen LogP contribution in [-0.4, -0.2) is 22.3 Å². The summed E-state index contributed by atoms with van der Waals surface area (Å²) in [6.45, 7) is 2.80. The number of benzene rings is 1. The first-order chi connectivity index (χ1) is 11.9. The minimum Gasteiger partial charge on any atom is -0.493 e. The molecule has 0 saturated heterocycles. The second kappa shape index (κ2) is 7.90. The maximum Gasteiger partial charge on any atom is 0.332 e. The molecule has 0 atom stereocenters. The molecule has 0 saturated carbocycles. The normalized spacial score (nSPS) is 10.4. The Balaban J connectivity index is 2.00. The van der Waals surface area contributed by atoms with E-state index in [-0.39, 0.29) is 11.4 Å². The number of ether oxygens (including phenoxy) is 1. The summed E-state index contributed by atoms with van der Waals surface area (Å²) in [5.74, 6) is 0.973. The van der Waals surface area contributed by atoms with E-state index < -0.39 is 11.2 Å². The first kappa shape index (κ1) is 18.6. The Morgan fingerprint density at radius 2 is 2.00 bits per heavy atom. The fourth-order valence-corrected chi connectivity index (χ4v) is 2.61. The number of rotatable bonds is 6. The van der Waals surface area contributed by atoms with Crippen LogP contribution in [0, 0.1) is 18.3 Å². The highest BCUT2D eigenvalue weighted by Gasteiger charge is 2.14. The van der Waals surface area contributed by atoms with E-state index in [0.29, 0.717) is 24.6 Å². The van der Waals surface area contributed by atoms with Gasteiger partial charge in [-0.2, -0.15) is 5.26 Å². The molecule has 0 radical (unpaired) electrons. The van der Waals surface area contributed by atoms with Gasteiger partial charge in [0.1, 0.15) is 17.6 Å². The molecule has 2 aromatic rings. The van der Waals surface area contributed by atoms with E-state index in [1.54, 1.807) is 6.07 Å². The standard InChI is InChI=1S/C17H19ClN4O3/c1-11-9-12(18)5-6-14(11)25-8-4-7-20-15-13(10-19)16(23)22(3)17(24)21(15)2/h5-6,9,20H,4,7-8H2,1-3H3. The second-order valence-electron chi connectivity index (χ2n) is 5.58. The van der Waals surface area contributed by atoms with Gasteiger partial charge >= 0.3 is 5.69 Å². The average Bonchev–Trinajstić information content (AvgIpc) is 2.58. The maximum atomic E-state index is 12.0. The Kier molecular flexibility index (Phi) is 5.88. The molecule has 7 nitrogen and oxygen atoms in total. The lowest BCUT2D eigenvalue weighted by Crippen LogP contribution is -2.40. The van der Waals surface area contributed by atoms with Crippen molar-refractivity contribution >= 4 is 17.4 Å². The van der Waals surface area contributed by atoms with E-state index in [4.69, 9.17) is 16.3 Å². The van der Waals surface area contributed by atoms with Gasteiger partial charge in [0.2, 0.25) is 0 Å². The quantitative estimate of drug-likeness (QED) is 0.791. The minimum atomic E-state index is -0.610. The Morgan fingerprint density at radius 1 is 1.28 bits per heavy atom. The molecule has 1 heterocycles. The third-order valence-electron chi connectivity index (χ3n) is 3.78. The molecule has 0 aliphatic heterocycles. The molecule has 0 aliphatic rings. The van der Waals surface area contributed by atoms with Crippen LogP contribution in [0.4, 0.5) is 5.82 Å². The summed E-state index contributed by atoms with van der Waals surface area (Å²) in [6.07, 6.45) is 0.621. The summed E-state index contributed by atoms with van der Waals surface area (Å²) < 4.78 is 7.85. The number of nitriles is 1. The van der Waals surface area contributed by atoms with Crippen LogP contribution in [0.25, 0.3) is 0 Å². The fourth-order valence-electron chi connectivity index (χ4n) is 2.39. The van der Waals surface area contributed by atoms with Gasteiger partial charge in [0, 0.05) is 25.7 Å². The van der Waals surface area contributed by atoms with Gasteiger partial charge in [-0.15, -0.1) is 0 Å². The number of aromatic nitrogens is 2. The molecular weight excluding hydrogens is 344 g/mol. The highest BCUT2D eigenvalue weighted by Crippen LogP contribution is 2.21. The number of nitrogens with zero attached hydrogens (tertiary/aromatic N) is 3. The summed E-state index contributed by atoms with van der Waals surface area (Å²) in [7, 11) is 2.86. The van der Waals surface area contributed by atoms with Crippen LogP contribution in [0.2, 0.25) is 5.02 Å². The van der Waals surface area contributed by atoms with Crippen LogP contribution in [0.15, 0.2) is 27.8 Å². The zero-order chi connectivity index (χ0) is 18.6. The van der Waals surface area contributed by atoms with E-state index in [1.807, 2.05) is 25.1 Å². The number of halogens is 1. The SMILES string of the molecule is Cc1cc(Cl)ccc1OCCCNc1c(C#N)c(=O)n(C)c(=O)n1C. The van der Waals surface area contributed by atoms with Gasteiger partial charge < -0.3 is 10.1 Å². The van der Waals surface area contributed by atoms with Gasteiger partial charge in [-0.05, 0) is 37.1 Å². The highest BCUT2D eigenvalue weighted by atomic mass is 35.5. The second-order valence-corrected chi connectivity index (χ2v) is 6.02. The molecule has 0 spiro atoms. The summed E-state index contributed by atoms with van der Waals surface area (Å²) in [5.41, 5.74) is -0.235. The monoisotopic (exact) mass is 362 g/mol. The Labute approximate surface area is 150 Å². The van der Waals surface area contributed by atoms with Gasteiger partial charge in [0.05, 0.1) is 6.61 Å². The van der Waals surface area contributed by atoms with E-state index in [0.717, 1.165) is 15.9 Å². The number of hydrogen-bond acceptors (Lipinski definition) is 5. The van der Waals surface area contributed by atoms with Crippen LogP contribution in [0.5, 0.6) is 5.75 Å². The van der Waals surface area contributed by atoms with Crippen LogP contribution < -0.4 is 21.3 Å². The molecular formula is C17H19ClN4O3. The molecule has 0 bridgehead atoms. The van der Waals surface area contributed by atoms with E-state index in [1.165, 1.54) is 18.7 Å². The molecule has 0 aliphatic carbocycles. The van der Waals surface area contributed by atoms with Crippen LogP contribution in [-0.2, 0) is 14.1 Å². The van der Waals surface area contributed by atoms with Crippen molar-refractivity contribution in [3.05, 3.63) is 55.2 Å². The van der Waals surface area contributed by atoms with E-state index in [2.05, 4.69) is 5.32 Å². The first-order valence-electron chi connectivity index (χ1n) is 7.69. The minimum absolute atomic E-state index is 0.0842. The predicted octanol–water partition coefficient (Wildman–Crippen LogP) is 1.80. The molecule has 0 fully saturated rings. The number of anilines is 1. The molecule has 25 heavy (non-hydrogen) atoms. The summed E-state index contributed by atoms with van der Waals surface area (Å²) >= 11 is 5.90. The lowest BCUT2D eigenvalue weighted by molar-refractivity contribution is 0.313. The zero-order valence-corrected chi connectivity index (χ0v) is 15.1. The van der Waals surface area contributed by atoms with Crippen molar-refractivity contribution in [3.8, 4) is 11.8 Å². The van der Waals surface area contributed by atoms with Crippen molar-refractivity contribution in [2.45, 2.75) is 13.3 Å². The smallest absolute Gasteiger partial charge is 0.332 e. The van der Waals surface area contributed by atoms with Crippen molar-refractivity contribution in [1.82, 2.24) is 9.13 Å². The first-order valence-corrected chi connectivity index (χ1v) is 8.07.